The summed E-state index contributed by atoms with van der Waals surface area (Å²) in [6.45, 7) is 0.492. The van der Waals surface area contributed by atoms with Crippen LogP contribution < -0.4 is 0 Å². The van der Waals surface area contributed by atoms with Crippen LogP contribution in [0.25, 0.3) is 0 Å². The van der Waals surface area contributed by atoms with E-state index in [1.54, 1.807) is 0 Å². The second kappa shape index (κ2) is 5.31. The highest BCUT2D eigenvalue weighted by atomic mass is 31.2. The number of hydrogen-bond donors (Lipinski definition) is 1. The van der Waals surface area contributed by atoms with Crippen molar-refractivity contribution in [2.45, 2.75) is 12.8 Å². The Kier molecular flexibility index (Phi) is 4.34. The Morgan fingerprint density at radius 2 is 2.43 bits per heavy atom. The number of carbonyl (C=O) groups excluding carboxylic acids is 1. The first kappa shape index (κ1) is 11.5. The minimum absolute atomic E-state index is 0.0331. The number of hydrogen-bond acceptors (Lipinski definition) is 4. The first-order valence-corrected chi connectivity index (χ1v) is 6.53. The van der Waals surface area contributed by atoms with E-state index in [4.69, 9.17) is 10.9 Å². The predicted octanol–water partition coefficient (Wildman–Crippen LogP) is 0.813. The average Bonchev–Trinajstić information content (AvgIpc) is 2.15. The van der Waals surface area contributed by atoms with Crippen LogP contribution in [-0.4, -0.2) is 36.4 Å². The van der Waals surface area contributed by atoms with Crippen LogP contribution in [0.1, 0.15) is 12.8 Å². The SMILES string of the molecule is C#CCOC(=O)C[P+]1(O)CCCCO1. The molecule has 1 aliphatic rings. The molecule has 1 unspecified atom stereocenters. The molecule has 14 heavy (non-hydrogen) atoms. The molecule has 0 aromatic carbocycles. The van der Waals surface area contributed by atoms with Gasteiger partial charge in [-0.25, -0.2) is 14.2 Å². The van der Waals surface area contributed by atoms with Gasteiger partial charge < -0.3 is 4.74 Å². The smallest absolute Gasteiger partial charge is 0.350 e. The van der Waals surface area contributed by atoms with Crippen molar-refractivity contribution in [1.29, 1.82) is 0 Å². The Morgan fingerprint density at radius 3 is 3.00 bits per heavy atom. The zero-order valence-electron chi connectivity index (χ0n) is 7.94. The third kappa shape index (κ3) is 3.63. The highest BCUT2D eigenvalue weighted by molar-refractivity contribution is 7.66. The van der Waals surface area contributed by atoms with Crippen LogP contribution in [0.15, 0.2) is 0 Å². The van der Waals surface area contributed by atoms with Crippen LogP contribution in [0.5, 0.6) is 0 Å². The monoisotopic (exact) mass is 217 g/mol. The molecule has 0 spiro atoms. The number of ether oxygens (including phenoxy) is 1. The summed E-state index contributed by atoms with van der Waals surface area (Å²) >= 11 is 0. The molecule has 4 nitrogen and oxygen atoms in total. The Morgan fingerprint density at radius 1 is 1.64 bits per heavy atom. The fourth-order valence-electron chi connectivity index (χ4n) is 1.25. The largest absolute Gasteiger partial charge is 0.450 e. The van der Waals surface area contributed by atoms with Gasteiger partial charge in [0, 0.05) is 0 Å². The van der Waals surface area contributed by atoms with Crippen molar-refractivity contribution >= 4 is 13.7 Å². The molecular formula is C9H14O4P+. The summed E-state index contributed by atoms with van der Waals surface area (Å²) in [5.74, 6) is 1.72. The number of carbonyl (C=O) groups is 1. The molecule has 1 atom stereocenters. The molecule has 0 aliphatic carbocycles. The first-order valence-electron chi connectivity index (χ1n) is 4.50. The zero-order chi connectivity index (χ0) is 10.4. The van der Waals surface area contributed by atoms with Crippen LogP contribution in [-0.2, 0) is 14.1 Å². The summed E-state index contributed by atoms with van der Waals surface area (Å²) in [5, 5.41) is 0. The molecule has 0 bridgehead atoms. The maximum atomic E-state index is 11.1. The van der Waals surface area contributed by atoms with Crippen LogP contribution in [0.2, 0.25) is 0 Å². The normalized spacial score (nSPS) is 26.6. The first-order chi connectivity index (χ1) is 6.66. The summed E-state index contributed by atoms with van der Waals surface area (Å²) < 4.78 is 9.90. The van der Waals surface area contributed by atoms with Gasteiger partial charge in [0.25, 0.3) is 7.72 Å². The van der Waals surface area contributed by atoms with Crippen molar-refractivity contribution in [1.82, 2.24) is 0 Å². The van der Waals surface area contributed by atoms with Gasteiger partial charge in [-0.15, -0.1) is 6.42 Å². The Bertz CT molecular complexity index is 240. The molecule has 1 fully saturated rings. The van der Waals surface area contributed by atoms with Gasteiger partial charge in [0.15, 0.2) is 6.61 Å². The number of terminal acetylenes is 1. The lowest BCUT2D eigenvalue weighted by Crippen LogP contribution is -2.20. The van der Waals surface area contributed by atoms with Crippen LogP contribution in [0, 0.1) is 12.3 Å². The minimum atomic E-state index is -2.50. The lowest BCUT2D eigenvalue weighted by molar-refractivity contribution is -0.139. The summed E-state index contributed by atoms with van der Waals surface area (Å²) in [6, 6.07) is 0. The minimum Gasteiger partial charge on any atom is -0.450 e. The number of rotatable bonds is 3. The highest BCUT2D eigenvalue weighted by Gasteiger charge is 2.43. The van der Waals surface area contributed by atoms with Gasteiger partial charge in [-0.05, 0) is 12.8 Å². The third-order valence-electron chi connectivity index (χ3n) is 1.93. The van der Waals surface area contributed by atoms with Crippen LogP contribution >= 0.6 is 7.72 Å². The third-order valence-corrected chi connectivity index (χ3v) is 4.36. The molecule has 1 rings (SSSR count). The number of esters is 1. The van der Waals surface area contributed by atoms with Gasteiger partial charge in [-0.1, -0.05) is 5.92 Å². The van der Waals surface area contributed by atoms with Crippen molar-refractivity contribution < 1.29 is 18.9 Å². The predicted molar refractivity (Wildman–Crippen MR) is 53.9 cm³/mol. The molecule has 0 saturated carbocycles. The molecule has 0 radical (unpaired) electrons. The van der Waals surface area contributed by atoms with E-state index in [2.05, 4.69) is 10.7 Å². The van der Waals surface area contributed by atoms with E-state index in [-0.39, 0.29) is 12.8 Å². The summed E-state index contributed by atoms with van der Waals surface area (Å²) in [4.78, 5) is 21.0. The van der Waals surface area contributed by atoms with Gasteiger partial charge in [0.2, 0.25) is 6.16 Å². The quantitative estimate of drug-likeness (QED) is 0.432. The van der Waals surface area contributed by atoms with Gasteiger partial charge in [0.05, 0.1) is 6.61 Å². The maximum absolute atomic E-state index is 11.1. The van der Waals surface area contributed by atoms with Crippen molar-refractivity contribution in [2.24, 2.45) is 0 Å². The van der Waals surface area contributed by atoms with E-state index in [9.17, 15) is 9.69 Å². The summed E-state index contributed by atoms with van der Waals surface area (Å²) in [6.07, 6.45) is 7.34. The van der Waals surface area contributed by atoms with Crippen LogP contribution in [0.4, 0.5) is 0 Å². The van der Waals surface area contributed by atoms with E-state index < -0.39 is 13.7 Å². The van der Waals surface area contributed by atoms with Crippen molar-refractivity contribution in [3.63, 3.8) is 0 Å². The molecule has 1 heterocycles. The van der Waals surface area contributed by atoms with Crippen LogP contribution in [0.3, 0.4) is 0 Å². The van der Waals surface area contributed by atoms with E-state index in [0.717, 1.165) is 12.8 Å². The van der Waals surface area contributed by atoms with Gasteiger partial charge in [-0.3, -0.25) is 0 Å². The average molecular weight is 217 g/mol. The van der Waals surface area contributed by atoms with Crippen molar-refractivity contribution in [2.75, 3.05) is 25.5 Å². The molecule has 0 aromatic rings. The fraction of sp³-hybridized carbons (Fsp3) is 0.667. The second-order valence-electron chi connectivity index (χ2n) is 3.13. The Hall–Kier alpha value is -0.620. The molecule has 5 heteroatoms. The molecule has 0 aromatic heterocycles. The fourth-order valence-corrected chi connectivity index (χ4v) is 3.31. The highest BCUT2D eigenvalue weighted by Crippen LogP contribution is 2.58. The van der Waals surface area contributed by atoms with Crippen molar-refractivity contribution in [3.8, 4) is 12.3 Å². The topological polar surface area (TPSA) is 55.8 Å². The lowest BCUT2D eigenvalue weighted by atomic mass is 10.4. The molecular weight excluding hydrogens is 203 g/mol. The maximum Gasteiger partial charge on any atom is 0.350 e. The molecule has 0 amide bonds. The van der Waals surface area contributed by atoms with E-state index in [1.165, 1.54) is 0 Å². The standard InChI is InChI=1S/C9H14O4P/c1-2-5-12-9(10)8-14(11)7-4-3-6-13-14/h1,11H,3-8H2/q+1. The second-order valence-corrected chi connectivity index (χ2v) is 5.85. The molecule has 1 saturated heterocycles. The zero-order valence-corrected chi connectivity index (χ0v) is 8.83. The summed E-state index contributed by atoms with van der Waals surface area (Å²) in [7, 11) is -2.50. The molecule has 1 N–H and O–H groups in total. The molecule has 78 valence electrons. The van der Waals surface area contributed by atoms with Gasteiger partial charge >= 0.3 is 5.97 Å². The Labute approximate surface area is 84.1 Å². The Balaban J connectivity index is 2.34. The van der Waals surface area contributed by atoms with E-state index in [0.29, 0.717) is 12.8 Å². The van der Waals surface area contributed by atoms with Gasteiger partial charge in [0.1, 0.15) is 6.16 Å². The van der Waals surface area contributed by atoms with Gasteiger partial charge in [-0.2, -0.15) is 0 Å². The van der Waals surface area contributed by atoms with E-state index in [1.807, 2.05) is 0 Å². The van der Waals surface area contributed by atoms with E-state index >= 15 is 0 Å². The molecule has 1 aliphatic heterocycles. The summed E-state index contributed by atoms with van der Waals surface area (Å²) in [5.41, 5.74) is 0. The van der Waals surface area contributed by atoms with Crippen molar-refractivity contribution in [3.05, 3.63) is 0 Å². The lowest BCUT2D eigenvalue weighted by Gasteiger charge is -2.21.